The van der Waals surface area contributed by atoms with Crippen molar-refractivity contribution in [1.29, 1.82) is 0 Å². The van der Waals surface area contributed by atoms with Crippen LogP contribution >= 0.6 is 11.6 Å². The molecule has 108 valence electrons. The number of rotatable bonds is 5. The molecule has 3 aromatic rings. The number of imidazole rings is 1. The molecular weight excluding hydrogens is 288 g/mol. The molecule has 2 aromatic heterocycles. The fraction of sp³-hybridized carbons (Fsp3) is 0.200. The second-order valence-electron chi connectivity index (χ2n) is 4.57. The van der Waals surface area contributed by atoms with Crippen molar-refractivity contribution >= 4 is 23.1 Å². The smallest absolute Gasteiger partial charge is 0.265 e. The summed E-state index contributed by atoms with van der Waals surface area (Å²) in [5, 5.41) is 3.92. The van der Waals surface area contributed by atoms with Gasteiger partial charge in [0, 0.05) is 24.0 Å². The zero-order valence-electron chi connectivity index (χ0n) is 11.6. The van der Waals surface area contributed by atoms with E-state index in [9.17, 15) is 0 Å². The minimum absolute atomic E-state index is 0.462. The van der Waals surface area contributed by atoms with Crippen molar-refractivity contribution in [2.24, 2.45) is 0 Å². The lowest BCUT2D eigenvalue weighted by molar-refractivity contribution is 0.465. The van der Waals surface area contributed by atoms with E-state index in [-0.39, 0.29) is 0 Å². The highest BCUT2D eigenvalue weighted by molar-refractivity contribution is 6.30. The second kappa shape index (κ2) is 6.01. The molecular formula is C15H15ClN4O. The SMILES string of the molecule is CCCNc1cn2ccnc2c(Oc2ccc(Cl)cc2)n1. The van der Waals surface area contributed by atoms with Gasteiger partial charge in [-0.3, -0.25) is 4.40 Å². The third-order valence-electron chi connectivity index (χ3n) is 2.93. The third-order valence-corrected chi connectivity index (χ3v) is 3.18. The van der Waals surface area contributed by atoms with Crippen molar-refractivity contribution in [1.82, 2.24) is 14.4 Å². The predicted molar refractivity (Wildman–Crippen MR) is 83.3 cm³/mol. The zero-order valence-corrected chi connectivity index (χ0v) is 12.3. The normalized spacial score (nSPS) is 10.8. The highest BCUT2D eigenvalue weighted by Gasteiger charge is 2.09. The Morgan fingerprint density at radius 1 is 1.29 bits per heavy atom. The molecule has 1 N–H and O–H groups in total. The largest absolute Gasteiger partial charge is 0.436 e. The maximum Gasteiger partial charge on any atom is 0.265 e. The highest BCUT2D eigenvalue weighted by Crippen LogP contribution is 2.26. The number of anilines is 1. The Labute approximate surface area is 127 Å². The summed E-state index contributed by atoms with van der Waals surface area (Å²) < 4.78 is 7.72. The Hall–Kier alpha value is -2.27. The van der Waals surface area contributed by atoms with E-state index in [0.29, 0.717) is 22.3 Å². The molecule has 0 amide bonds. The number of nitrogens with one attached hydrogen (secondary N) is 1. The fourth-order valence-electron chi connectivity index (χ4n) is 1.92. The van der Waals surface area contributed by atoms with Gasteiger partial charge in [-0.25, -0.2) is 4.98 Å². The molecule has 0 bridgehead atoms. The molecule has 0 atom stereocenters. The number of aromatic nitrogens is 3. The van der Waals surface area contributed by atoms with Crippen molar-refractivity contribution in [3.8, 4) is 11.6 Å². The van der Waals surface area contributed by atoms with Gasteiger partial charge in [-0.05, 0) is 30.7 Å². The lowest BCUT2D eigenvalue weighted by Gasteiger charge is -2.10. The van der Waals surface area contributed by atoms with E-state index in [1.165, 1.54) is 0 Å². The lowest BCUT2D eigenvalue weighted by Crippen LogP contribution is -2.04. The Morgan fingerprint density at radius 2 is 2.10 bits per heavy atom. The molecule has 0 spiro atoms. The first kappa shape index (κ1) is 13.7. The average Bonchev–Trinajstić information content (AvgIpc) is 2.96. The van der Waals surface area contributed by atoms with E-state index in [4.69, 9.17) is 16.3 Å². The molecule has 0 aliphatic carbocycles. The van der Waals surface area contributed by atoms with E-state index in [2.05, 4.69) is 22.2 Å². The predicted octanol–water partition coefficient (Wildman–Crippen LogP) is 4.00. The van der Waals surface area contributed by atoms with Gasteiger partial charge in [0.25, 0.3) is 5.88 Å². The van der Waals surface area contributed by atoms with Gasteiger partial charge in [0.15, 0.2) is 0 Å². The highest BCUT2D eigenvalue weighted by atomic mass is 35.5. The van der Waals surface area contributed by atoms with Crippen LogP contribution in [-0.4, -0.2) is 20.9 Å². The minimum atomic E-state index is 0.462. The van der Waals surface area contributed by atoms with Gasteiger partial charge in [0.2, 0.25) is 5.65 Å². The summed E-state index contributed by atoms with van der Waals surface area (Å²) in [6.07, 6.45) is 6.50. The maximum atomic E-state index is 5.88. The lowest BCUT2D eigenvalue weighted by atomic mass is 10.3. The number of benzene rings is 1. The minimum Gasteiger partial charge on any atom is -0.436 e. The monoisotopic (exact) mass is 302 g/mol. The summed E-state index contributed by atoms with van der Waals surface area (Å²) in [7, 11) is 0. The van der Waals surface area contributed by atoms with Crippen LogP contribution in [0.4, 0.5) is 5.82 Å². The number of hydrogen-bond donors (Lipinski definition) is 1. The Kier molecular flexibility index (Phi) is 3.92. The fourth-order valence-corrected chi connectivity index (χ4v) is 2.05. The average molecular weight is 303 g/mol. The quantitative estimate of drug-likeness (QED) is 0.774. The maximum absolute atomic E-state index is 5.88. The molecule has 5 nitrogen and oxygen atoms in total. The van der Waals surface area contributed by atoms with E-state index in [1.54, 1.807) is 30.5 Å². The van der Waals surface area contributed by atoms with Crippen LogP contribution in [0.25, 0.3) is 5.65 Å². The molecule has 0 unspecified atom stereocenters. The summed E-state index contributed by atoms with van der Waals surface area (Å²) in [5.74, 6) is 1.89. The molecule has 6 heteroatoms. The first-order valence-electron chi connectivity index (χ1n) is 6.77. The molecule has 3 rings (SSSR count). The first-order chi connectivity index (χ1) is 10.3. The number of nitrogens with zero attached hydrogens (tertiary/aromatic N) is 3. The van der Waals surface area contributed by atoms with Crippen LogP contribution in [0.2, 0.25) is 5.02 Å². The molecule has 0 aliphatic heterocycles. The molecule has 0 radical (unpaired) electrons. The molecule has 1 aromatic carbocycles. The van der Waals surface area contributed by atoms with Crippen LogP contribution in [0.15, 0.2) is 42.9 Å². The van der Waals surface area contributed by atoms with Gasteiger partial charge >= 0.3 is 0 Å². The standard InChI is InChI=1S/C15H15ClN4O/c1-2-7-17-13-10-20-9-8-18-14(20)15(19-13)21-12-5-3-11(16)4-6-12/h3-6,8-10,17H,2,7H2,1H3. The third kappa shape index (κ3) is 3.08. The molecule has 0 fully saturated rings. The number of halogens is 1. The van der Waals surface area contributed by atoms with Gasteiger partial charge < -0.3 is 10.1 Å². The van der Waals surface area contributed by atoms with Crippen molar-refractivity contribution in [2.75, 3.05) is 11.9 Å². The second-order valence-corrected chi connectivity index (χ2v) is 5.01. The molecule has 0 saturated heterocycles. The van der Waals surface area contributed by atoms with Crippen molar-refractivity contribution in [3.05, 3.63) is 47.9 Å². The zero-order chi connectivity index (χ0) is 14.7. The van der Waals surface area contributed by atoms with Crippen LogP contribution in [0.1, 0.15) is 13.3 Å². The molecule has 2 heterocycles. The molecule has 0 aliphatic rings. The summed E-state index contributed by atoms with van der Waals surface area (Å²) in [6.45, 7) is 2.96. The summed E-state index contributed by atoms with van der Waals surface area (Å²) in [4.78, 5) is 8.75. The van der Waals surface area contributed by atoms with Gasteiger partial charge in [0.05, 0.1) is 6.20 Å². The molecule has 21 heavy (non-hydrogen) atoms. The van der Waals surface area contributed by atoms with Gasteiger partial charge in [-0.15, -0.1) is 0 Å². The number of ether oxygens (including phenoxy) is 1. The van der Waals surface area contributed by atoms with Crippen LogP contribution in [0.5, 0.6) is 11.6 Å². The summed E-state index contributed by atoms with van der Waals surface area (Å²) >= 11 is 5.88. The first-order valence-corrected chi connectivity index (χ1v) is 7.15. The Morgan fingerprint density at radius 3 is 2.86 bits per heavy atom. The number of fused-ring (bicyclic) bond motifs is 1. The number of hydrogen-bond acceptors (Lipinski definition) is 4. The van der Waals surface area contributed by atoms with Crippen LogP contribution in [-0.2, 0) is 0 Å². The van der Waals surface area contributed by atoms with Crippen LogP contribution in [0, 0.1) is 0 Å². The van der Waals surface area contributed by atoms with Gasteiger partial charge in [0.1, 0.15) is 11.6 Å². The van der Waals surface area contributed by atoms with Crippen molar-refractivity contribution in [2.45, 2.75) is 13.3 Å². The van der Waals surface area contributed by atoms with Crippen LogP contribution < -0.4 is 10.1 Å². The van der Waals surface area contributed by atoms with E-state index < -0.39 is 0 Å². The van der Waals surface area contributed by atoms with Crippen molar-refractivity contribution < 1.29 is 4.74 Å². The Balaban J connectivity index is 1.95. The topological polar surface area (TPSA) is 51.5 Å². The Bertz CT molecular complexity index is 739. The summed E-state index contributed by atoms with van der Waals surface area (Å²) in [6, 6.07) is 7.16. The molecule has 0 saturated carbocycles. The van der Waals surface area contributed by atoms with E-state index in [1.807, 2.05) is 16.8 Å². The van der Waals surface area contributed by atoms with Gasteiger partial charge in [-0.2, -0.15) is 4.98 Å². The van der Waals surface area contributed by atoms with Crippen LogP contribution in [0.3, 0.4) is 0 Å². The van der Waals surface area contributed by atoms with E-state index >= 15 is 0 Å². The van der Waals surface area contributed by atoms with Gasteiger partial charge in [-0.1, -0.05) is 18.5 Å². The van der Waals surface area contributed by atoms with E-state index in [0.717, 1.165) is 18.8 Å². The summed E-state index contributed by atoms with van der Waals surface area (Å²) in [5.41, 5.74) is 0.673. The van der Waals surface area contributed by atoms with Crippen molar-refractivity contribution in [3.63, 3.8) is 0 Å².